The lowest BCUT2D eigenvalue weighted by molar-refractivity contribution is -0.141. The number of benzene rings is 1. The molecule has 3 unspecified atom stereocenters. The first-order valence-electron chi connectivity index (χ1n) is 11.3. The minimum Gasteiger partial charge on any atom is -0.330 e. The van der Waals surface area contributed by atoms with Crippen LogP contribution in [0.2, 0.25) is 0 Å². The molecule has 1 saturated carbocycles. The number of nitriles is 1. The van der Waals surface area contributed by atoms with Gasteiger partial charge in [0, 0.05) is 25.2 Å². The summed E-state index contributed by atoms with van der Waals surface area (Å²) in [4.78, 5) is 31.3. The smallest absolute Gasteiger partial charge is 0.330 e. The number of rotatable bonds is 5. The van der Waals surface area contributed by atoms with Crippen LogP contribution in [0.15, 0.2) is 24.3 Å². The number of nitrogens with two attached hydrogens (primary N) is 1. The maximum absolute atomic E-state index is 13.1. The van der Waals surface area contributed by atoms with Crippen LogP contribution in [0.5, 0.6) is 0 Å². The van der Waals surface area contributed by atoms with E-state index in [1.165, 1.54) is 6.07 Å². The molecule has 2 N–H and O–H groups in total. The number of carbonyl (C=O) groups is 2. The second-order valence-electron chi connectivity index (χ2n) is 9.70. The molecular formula is C23H26F3N5O2. The lowest BCUT2D eigenvalue weighted by Crippen LogP contribution is -2.57. The van der Waals surface area contributed by atoms with Crippen molar-refractivity contribution < 1.29 is 22.8 Å². The highest BCUT2D eigenvalue weighted by Gasteiger charge is 2.56. The predicted octanol–water partition coefficient (Wildman–Crippen LogP) is 1.89. The lowest BCUT2D eigenvalue weighted by Gasteiger charge is -2.38. The zero-order valence-electron chi connectivity index (χ0n) is 18.2. The van der Waals surface area contributed by atoms with E-state index in [4.69, 9.17) is 5.73 Å². The van der Waals surface area contributed by atoms with Gasteiger partial charge in [0.25, 0.3) is 0 Å². The maximum atomic E-state index is 13.1. The fourth-order valence-electron chi connectivity index (χ4n) is 5.95. The Morgan fingerprint density at radius 3 is 2.73 bits per heavy atom. The molecule has 176 valence electrons. The Hall–Kier alpha value is -2.64. The van der Waals surface area contributed by atoms with Crippen molar-refractivity contribution in [2.45, 2.75) is 68.6 Å². The average molecular weight is 461 g/mol. The Morgan fingerprint density at radius 1 is 1.30 bits per heavy atom. The van der Waals surface area contributed by atoms with Gasteiger partial charge in [-0.05, 0) is 49.8 Å². The molecule has 7 atom stereocenters. The van der Waals surface area contributed by atoms with Gasteiger partial charge in [0.1, 0.15) is 6.04 Å². The van der Waals surface area contributed by atoms with E-state index >= 15 is 0 Å². The van der Waals surface area contributed by atoms with E-state index < -0.39 is 35.9 Å². The number of halogens is 3. The number of alkyl halides is 3. The van der Waals surface area contributed by atoms with Crippen LogP contribution in [0.25, 0.3) is 0 Å². The number of fused-ring (bicyclic) bond motifs is 3. The normalized spacial score (nSPS) is 32.6. The molecular weight excluding hydrogens is 435 g/mol. The summed E-state index contributed by atoms with van der Waals surface area (Å²) in [7, 11) is 0. The molecule has 1 aromatic rings. The van der Waals surface area contributed by atoms with Crippen molar-refractivity contribution in [1.82, 2.24) is 14.7 Å². The fourth-order valence-corrected chi connectivity index (χ4v) is 5.95. The zero-order chi connectivity index (χ0) is 23.7. The minimum absolute atomic E-state index is 0.119. The van der Waals surface area contributed by atoms with Crippen molar-refractivity contribution in [3.8, 4) is 6.07 Å². The Kier molecular flexibility index (Phi) is 5.18. The molecule has 0 spiro atoms. The van der Waals surface area contributed by atoms with Gasteiger partial charge in [0.15, 0.2) is 0 Å². The lowest BCUT2D eigenvalue weighted by atomic mass is 10.0. The number of carbonyl (C=O) groups excluding carboxylic acids is 2. The summed E-state index contributed by atoms with van der Waals surface area (Å²) in [5.41, 5.74) is 5.93. The van der Waals surface area contributed by atoms with E-state index in [9.17, 15) is 28.0 Å². The highest BCUT2D eigenvalue weighted by atomic mass is 19.4. The molecule has 3 aliphatic heterocycles. The molecule has 2 amide bonds. The molecule has 5 rings (SSSR count). The molecule has 3 saturated heterocycles. The second-order valence-corrected chi connectivity index (χ2v) is 9.70. The fraction of sp³-hybridized carbons (Fsp3) is 0.609. The van der Waals surface area contributed by atoms with Crippen molar-refractivity contribution in [1.29, 1.82) is 5.26 Å². The molecule has 0 radical (unpaired) electrons. The number of likely N-dealkylation sites (tertiary alicyclic amines) is 3. The number of hydrogen-bond donors (Lipinski definition) is 1. The highest BCUT2D eigenvalue weighted by Crippen LogP contribution is 2.48. The quantitative estimate of drug-likeness (QED) is 0.723. The number of amides is 2. The first-order valence-corrected chi connectivity index (χ1v) is 11.3. The van der Waals surface area contributed by atoms with E-state index in [0.717, 1.165) is 18.6 Å². The van der Waals surface area contributed by atoms with E-state index in [0.29, 0.717) is 30.9 Å². The molecule has 10 heteroatoms. The van der Waals surface area contributed by atoms with Crippen molar-refractivity contribution in [3.05, 3.63) is 35.4 Å². The van der Waals surface area contributed by atoms with Gasteiger partial charge in [-0.25, -0.2) is 0 Å². The zero-order valence-corrected chi connectivity index (χ0v) is 18.2. The van der Waals surface area contributed by atoms with Crippen molar-refractivity contribution >= 4 is 11.8 Å². The van der Waals surface area contributed by atoms with Gasteiger partial charge >= 0.3 is 6.18 Å². The first kappa shape index (κ1) is 22.2. The van der Waals surface area contributed by atoms with Gasteiger partial charge in [-0.3, -0.25) is 14.5 Å². The average Bonchev–Trinajstić information content (AvgIpc) is 3.11. The van der Waals surface area contributed by atoms with E-state index in [2.05, 4.69) is 6.07 Å². The van der Waals surface area contributed by atoms with Gasteiger partial charge < -0.3 is 15.5 Å². The third kappa shape index (κ3) is 3.67. The Morgan fingerprint density at radius 2 is 2.06 bits per heavy atom. The SMILES string of the molecule is CC(c1cccc(C(F)(F)F)c1)N1C(=O)[C@@H]2C[C@H]1CN2CC(N)C(=O)N1C(C#N)C[C@@H]2C[C@@H]21. The third-order valence-corrected chi connectivity index (χ3v) is 7.68. The van der Waals surface area contributed by atoms with E-state index in [1.54, 1.807) is 22.8 Å². The highest BCUT2D eigenvalue weighted by molar-refractivity contribution is 5.87. The molecule has 2 bridgehead atoms. The monoisotopic (exact) mass is 461 g/mol. The van der Waals surface area contributed by atoms with Crippen molar-refractivity contribution in [2.75, 3.05) is 13.1 Å². The predicted molar refractivity (Wildman–Crippen MR) is 111 cm³/mol. The van der Waals surface area contributed by atoms with Crippen LogP contribution in [-0.4, -0.2) is 69.8 Å². The number of piperazine rings is 1. The standard InChI is InChI=1S/C23H26F3N5O2/c1-12(13-3-2-4-15(5-13)23(24,25)26)30-17-8-20(22(30)33)29(10-17)11-18(28)21(32)31-16(9-27)6-14-7-19(14)31/h2-5,12,14,16-20H,6-8,10-11,28H2,1H3/t12?,14-,16?,17+,18?,19+,20+/m1/s1. The summed E-state index contributed by atoms with van der Waals surface area (Å²) in [6, 6.07) is 5.11. The summed E-state index contributed by atoms with van der Waals surface area (Å²) in [5.74, 6) is 0.0196. The molecule has 3 heterocycles. The van der Waals surface area contributed by atoms with Gasteiger partial charge in [-0.1, -0.05) is 12.1 Å². The summed E-state index contributed by atoms with van der Waals surface area (Å²) in [5, 5.41) is 9.34. The van der Waals surface area contributed by atoms with Crippen LogP contribution in [0.3, 0.4) is 0 Å². The molecule has 0 aromatic heterocycles. The van der Waals surface area contributed by atoms with Crippen LogP contribution >= 0.6 is 0 Å². The van der Waals surface area contributed by atoms with Crippen LogP contribution < -0.4 is 5.73 Å². The molecule has 4 fully saturated rings. The molecule has 7 nitrogen and oxygen atoms in total. The Balaban J connectivity index is 1.24. The van der Waals surface area contributed by atoms with Crippen molar-refractivity contribution in [2.24, 2.45) is 11.7 Å². The summed E-state index contributed by atoms with van der Waals surface area (Å²) < 4.78 is 39.3. The van der Waals surface area contributed by atoms with Crippen LogP contribution in [0.4, 0.5) is 13.2 Å². The number of piperidine rings is 1. The molecule has 4 aliphatic rings. The van der Waals surface area contributed by atoms with Crippen LogP contribution in [0, 0.1) is 17.2 Å². The first-order chi connectivity index (χ1) is 15.6. The van der Waals surface area contributed by atoms with E-state index in [1.807, 2.05) is 4.90 Å². The van der Waals surface area contributed by atoms with Gasteiger partial charge in [-0.15, -0.1) is 0 Å². The third-order valence-electron chi connectivity index (χ3n) is 7.68. The maximum Gasteiger partial charge on any atom is 0.416 e. The molecule has 33 heavy (non-hydrogen) atoms. The summed E-state index contributed by atoms with van der Waals surface area (Å²) in [6.45, 7) is 2.49. The summed E-state index contributed by atoms with van der Waals surface area (Å²) in [6.07, 6.45) is -2.25. The molecule has 1 aliphatic carbocycles. The van der Waals surface area contributed by atoms with Crippen LogP contribution in [0.1, 0.15) is 43.4 Å². The van der Waals surface area contributed by atoms with Crippen LogP contribution in [-0.2, 0) is 15.8 Å². The minimum atomic E-state index is -4.44. The second kappa shape index (κ2) is 7.71. The molecule has 1 aromatic carbocycles. The van der Waals surface area contributed by atoms with E-state index in [-0.39, 0.29) is 30.4 Å². The van der Waals surface area contributed by atoms with Gasteiger partial charge in [0.05, 0.1) is 29.8 Å². The number of hydrogen-bond acceptors (Lipinski definition) is 5. The number of nitrogens with zero attached hydrogens (tertiary/aromatic N) is 4. The Bertz CT molecular complexity index is 1020. The largest absolute Gasteiger partial charge is 0.416 e. The Labute approximate surface area is 189 Å². The van der Waals surface area contributed by atoms with Gasteiger partial charge in [0.2, 0.25) is 11.8 Å². The summed E-state index contributed by atoms with van der Waals surface area (Å²) >= 11 is 0. The van der Waals surface area contributed by atoms with Gasteiger partial charge in [-0.2, -0.15) is 18.4 Å². The van der Waals surface area contributed by atoms with Crippen molar-refractivity contribution in [3.63, 3.8) is 0 Å². The topological polar surface area (TPSA) is 93.7 Å².